The quantitative estimate of drug-likeness (QED) is 0.576. The molecule has 2 aromatic rings. The van der Waals surface area contributed by atoms with Crippen LogP contribution in [0.3, 0.4) is 0 Å². The molecular weight excluding hydrogens is 460 g/mol. The summed E-state index contributed by atoms with van der Waals surface area (Å²) >= 11 is 0. The lowest BCUT2D eigenvalue weighted by atomic mass is 9.43. The van der Waals surface area contributed by atoms with E-state index in [-0.39, 0.29) is 34.2 Å². The van der Waals surface area contributed by atoms with Crippen LogP contribution >= 0.6 is 0 Å². The molecule has 1 aliphatic heterocycles. The van der Waals surface area contributed by atoms with Crippen molar-refractivity contribution in [3.05, 3.63) is 60.7 Å². The lowest BCUT2D eigenvalue weighted by molar-refractivity contribution is -0.201. The molecule has 8 atom stereocenters. The zero-order chi connectivity index (χ0) is 25.3. The Bertz CT molecular complexity index is 1100. The van der Waals surface area contributed by atoms with Crippen molar-refractivity contribution in [1.82, 2.24) is 0 Å². The van der Waals surface area contributed by atoms with Gasteiger partial charge in [0.1, 0.15) is 5.78 Å². The molecule has 3 nitrogen and oxygen atoms in total. The first-order chi connectivity index (χ1) is 17.2. The van der Waals surface area contributed by atoms with Gasteiger partial charge in [0.15, 0.2) is 0 Å². The van der Waals surface area contributed by atoms with Crippen LogP contribution < -0.4 is 10.4 Å². The maximum atomic E-state index is 13.8. The first-order valence-corrected chi connectivity index (χ1v) is 16.3. The summed E-state index contributed by atoms with van der Waals surface area (Å²) in [6.45, 7) is 9.18. The second-order valence-corrected chi connectivity index (χ2v) is 16.5. The van der Waals surface area contributed by atoms with E-state index in [2.05, 4.69) is 88.4 Å². The van der Waals surface area contributed by atoms with Gasteiger partial charge in [-0.3, -0.25) is 4.79 Å². The predicted octanol–water partition coefficient (Wildman–Crippen LogP) is 5.34. The molecule has 3 saturated carbocycles. The maximum Gasteiger partial charge on any atom is 0.256 e. The Kier molecular flexibility index (Phi) is 5.72. The van der Waals surface area contributed by atoms with Crippen molar-refractivity contribution in [1.29, 1.82) is 0 Å². The van der Waals surface area contributed by atoms with E-state index in [0.717, 1.165) is 38.1 Å². The molecule has 36 heavy (non-hydrogen) atoms. The molecular formula is C32H42O3Si. The van der Waals surface area contributed by atoms with Crippen LogP contribution in [0.25, 0.3) is 0 Å². The van der Waals surface area contributed by atoms with Crippen molar-refractivity contribution in [2.45, 2.75) is 84.5 Å². The van der Waals surface area contributed by atoms with Gasteiger partial charge in [-0.2, -0.15) is 0 Å². The number of ketones is 1. The van der Waals surface area contributed by atoms with E-state index >= 15 is 0 Å². The normalized spacial score (nSPS) is 43.4. The van der Waals surface area contributed by atoms with E-state index in [1.54, 1.807) is 0 Å². The molecule has 6 rings (SSSR count). The van der Waals surface area contributed by atoms with Crippen molar-refractivity contribution in [2.75, 3.05) is 0 Å². The first-order valence-electron chi connectivity index (χ1n) is 14.2. The third kappa shape index (κ3) is 3.13. The lowest BCUT2D eigenvalue weighted by Gasteiger charge is -2.66. The van der Waals surface area contributed by atoms with Crippen LogP contribution in [-0.2, 0) is 9.22 Å². The van der Waals surface area contributed by atoms with Crippen LogP contribution in [0.1, 0.15) is 66.2 Å². The molecule has 1 heterocycles. The van der Waals surface area contributed by atoms with Crippen LogP contribution in [0.4, 0.5) is 0 Å². The van der Waals surface area contributed by atoms with Gasteiger partial charge < -0.3 is 9.53 Å². The van der Waals surface area contributed by atoms with E-state index in [1.165, 1.54) is 10.4 Å². The zero-order valence-corrected chi connectivity index (χ0v) is 23.4. The number of hydrogen-bond donors (Lipinski definition) is 1. The van der Waals surface area contributed by atoms with E-state index < -0.39 is 14.4 Å². The van der Waals surface area contributed by atoms with Gasteiger partial charge in [-0.05, 0) is 71.2 Å². The van der Waals surface area contributed by atoms with E-state index in [9.17, 15) is 9.90 Å². The van der Waals surface area contributed by atoms with E-state index in [0.29, 0.717) is 18.1 Å². The lowest BCUT2D eigenvalue weighted by Crippen LogP contribution is -2.74. The van der Waals surface area contributed by atoms with Crippen molar-refractivity contribution in [2.24, 2.45) is 34.0 Å². The Morgan fingerprint density at radius 3 is 2.19 bits per heavy atom. The minimum absolute atomic E-state index is 0.00153. The molecule has 1 saturated heterocycles. The minimum atomic E-state index is -2.56. The first kappa shape index (κ1) is 24.6. The number of carbonyl (C=O) groups excluding carboxylic acids is 1. The molecule has 0 radical (unpaired) electrons. The highest BCUT2D eigenvalue weighted by atomic mass is 28.4. The molecule has 0 spiro atoms. The van der Waals surface area contributed by atoms with Gasteiger partial charge in [0.25, 0.3) is 8.32 Å². The Labute approximate surface area is 217 Å². The predicted molar refractivity (Wildman–Crippen MR) is 147 cm³/mol. The van der Waals surface area contributed by atoms with Gasteiger partial charge in [0, 0.05) is 17.8 Å². The summed E-state index contributed by atoms with van der Waals surface area (Å²) in [5.74, 6) is 1.01. The Hall–Kier alpha value is -1.75. The molecule has 1 N–H and O–H groups in total. The molecule has 0 amide bonds. The van der Waals surface area contributed by atoms with Crippen LogP contribution in [0, 0.1) is 34.0 Å². The van der Waals surface area contributed by atoms with Crippen LogP contribution in [0.5, 0.6) is 0 Å². The van der Waals surface area contributed by atoms with E-state index in [4.69, 9.17) is 4.43 Å². The fraction of sp³-hybridized carbons (Fsp3) is 0.594. The Balaban J connectivity index is 1.57. The van der Waals surface area contributed by atoms with Crippen molar-refractivity contribution < 1.29 is 14.3 Å². The molecule has 2 bridgehead atoms. The molecule has 192 valence electrons. The summed E-state index contributed by atoms with van der Waals surface area (Å²) in [5.41, 5.74) is -0.514. The molecule has 3 aliphatic carbocycles. The zero-order valence-electron chi connectivity index (χ0n) is 22.4. The third-order valence-corrected chi connectivity index (χ3v) is 16.1. The van der Waals surface area contributed by atoms with Gasteiger partial charge in [-0.25, -0.2) is 0 Å². The molecule has 4 fully saturated rings. The van der Waals surface area contributed by atoms with Crippen LogP contribution in [-0.4, -0.2) is 31.4 Å². The highest BCUT2D eigenvalue weighted by molar-refractivity contribution is 6.97. The summed E-state index contributed by atoms with van der Waals surface area (Å²) in [7, 11) is -2.56. The Morgan fingerprint density at radius 2 is 1.61 bits per heavy atom. The monoisotopic (exact) mass is 502 g/mol. The second-order valence-electron chi connectivity index (χ2n) is 13.0. The Morgan fingerprint density at radius 1 is 1.00 bits per heavy atom. The van der Waals surface area contributed by atoms with Crippen LogP contribution in [0.15, 0.2) is 60.7 Å². The fourth-order valence-corrected chi connectivity index (χ4v) is 14.3. The molecule has 4 heteroatoms. The fourth-order valence-electron chi connectivity index (χ4n) is 9.47. The summed E-state index contributed by atoms with van der Waals surface area (Å²) < 4.78 is 7.65. The third-order valence-electron chi connectivity index (χ3n) is 11.8. The number of aliphatic hydroxyl groups is 1. The largest absolute Gasteiger partial charge is 0.404 e. The summed E-state index contributed by atoms with van der Waals surface area (Å²) in [4.78, 5) is 13.8. The smallest absolute Gasteiger partial charge is 0.256 e. The standard InChI is InChI=1S/C32H42O3Si/c1-5-30(3)20-27-31(4)23(16-18-32(22(2)29(30)34)19-17-26(33)28(31)32)21-36(35-27,24-12-8-6-9-13-24)25-14-10-7-11-15-25/h6-15,22-23,27-29,34H,5,16-21H2,1-4H3/t22-,23+,27-,28?,29+,30-,31+,32+/m1/s1. The SMILES string of the molecule is CC[C@]1(C)C[C@H]2O[Si](c3ccccc3)(c3ccccc3)C[C@@H]3CC[C@]4(CCC(=O)C4[C@@]32C)[C@H](C)[C@@H]1O. The summed E-state index contributed by atoms with van der Waals surface area (Å²) in [5, 5.41) is 14.6. The number of Topliss-reactive ketones (excluding diaryl/α,β-unsaturated/α-hetero) is 1. The summed E-state index contributed by atoms with van der Waals surface area (Å²) in [6.07, 6.45) is 5.06. The number of benzene rings is 2. The minimum Gasteiger partial charge on any atom is -0.404 e. The van der Waals surface area contributed by atoms with Gasteiger partial charge >= 0.3 is 0 Å². The maximum absolute atomic E-state index is 13.8. The van der Waals surface area contributed by atoms with Gasteiger partial charge in [-0.15, -0.1) is 0 Å². The second kappa shape index (κ2) is 8.38. The van der Waals surface area contributed by atoms with Crippen molar-refractivity contribution in [3.63, 3.8) is 0 Å². The van der Waals surface area contributed by atoms with Gasteiger partial charge in [0.2, 0.25) is 0 Å². The number of hydrogen-bond acceptors (Lipinski definition) is 3. The highest BCUT2D eigenvalue weighted by Crippen LogP contribution is 2.70. The number of rotatable bonds is 3. The van der Waals surface area contributed by atoms with Crippen molar-refractivity contribution >= 4 is 24.5 Å². The number of carbonyl (C=O) groups is 1. The average Bonchev–Trinajstić information content (AvgIpc) is 3.27. The molecule has 4 aliphatic rings. The average molecular weight is 503 g/mol. The van der Waals surface area contributed by atoms with Crippen molar-refractivity contribution in [3.8, 4) is 0 Å². The molecule has 0 aromatic heterocycles. The van der Waals surface area contributed by atoms with Gasteiger partial charge in [-0.1, -0.05) is 88.4 Å². The topological polar surface area (TPSA) is 46.5 Å². The molecule has 1 unspecified atom stereocenters. The highest BCUT2D eigenvalue weighted by Gasteiger charge is 2.71. The van der Waals surface area contributed by atoms with E-state index in [1.807, 2.05) is 0 Å². The van der Waals surface area contributed by atoms with Crippen LogP contribution in [0.2, 0.25) is 6.04 Å². The summed E-state index contributed by atoms with van der Waals surface area (Å²) in [6, 6.07) is 22.9. The molecule has 2 aromatic carbocycles. The van der Waals surface area contributed by atoms with Gasteiger partial charge in [0.05, 0.1) is 12.2 Å². The number of aliphatic hydroxyl groups excluding tert-OH is 1.